The van der Waals surface area contributed by atoms with E-state index in [2.05, 4.69) is 44.1 Å². The maximum atomic E-state index is 15.7. The van der Waals surface area contributed by atoms with E-state index in [9.17, 15) is 18.4 Å². The Hall–Kier alpha value is -6.68. The van der Waals surface area contributed by atoms with Gasteiger partial charge in [-0.25, -0.2) is 4.68 Å². The molecule has 0 bridgehead atoms. The molecule has 0 N–H and O–H groups in total. The van der Waals surface area contributed by atoms with Crippen molar-refractivity contribution in [1.29, 1.82) is 0 Å². The summed E-state index contributed by atoms with van der Waals surface area (Å²) >= 11 is 0. The molecule has 1 atom stereocenters. The first-order valence-electron chi connectivity index (χ1n) is 25.4. The molecule has 11 rings (SSSR count). The fourth-order valence-corrected chi connectivity index (χ4v) is 11.6. The maximum Gasteiger partial charge on any atom is 0.333 e. The molecule has 1 saturated carbocycles. The second kappa shape index (κ2) is 20.1. The SMILES string of the molecule is Cc1c(C(=O)N(c2ccccc2)c2cnn(C(F)F)c2)cc(-c2cc3c(cc2C(=O)N2Cc4ccccc4CC2CN2CC4(CCC4)C2)CN(C(=O)Cc2ccc(OCCN4CCOCC4)cc2)CC3)n1C. The van der Waals surface area contributed by atoms with Gasteiger partial charge in [0.1, 0.15) is 12.4 Å². The molecule has 6 aromatic rings. The molecule has 1 aliphatic carbocycles. The number of benzene rings is 4. The molecule has 1 spiro atoms. The first-order valence-corrected chi connectivity index (χ1v) is 25.4. The zero-order chi connectivity index (χ0) is 49.5. The Labute approximate surface area is 419 Å². The number of anilines is 2. The molecule has 13 nitrogen and oxygen atoms in total. The van der Waals surface area contributed by atoms with Crippen LogP contribution in [0.3, 0.4) is 0 Å². The Kier molecular flexibility index (Phi) is 13.3. The standard InChI is InChI=1S/C57H62F2N8O5/c1-39-49(55(70)67(45-11-4-3-5-12-45)47-32-60-66(36-47)56(58)59)31-52(61(39)2)50-29-42-17-20-64(53(68)27-40-13-15-48(16-14-40)72-26-23-62-21-24-71-25-22-62)33-44(42)30-51(50)54(69)65-34-43-10-7-6-9-41(43)28-46(65)35-63-37-57(38-63)18-8-19-57/h3-7,9-16,29-32,36,46,56H,8,17-28,33-35,37-38H2,1-2H3. The Morgan fingerprint density at radius 2 is 1.58 bits per heavy atom. The second-order valence-electron chi connectivity index (χ2n) is 20.5. The first kappa shape index (κ1) is 47.6. The van der Waals surface area contributed by atoms with Gasteiger partial charge in [-0.05, 0) is 108 Å². The van der Waals surface area contributed by atoms with E-state index in [0.29, 0.717) is 76.5 Å². The molecular weight excluding hydrogens is 915 g/mol. The zero-order valence-electron chi connectivity index (χ0n) is 41.1. The van der Waals surface area contributed by atoms with Gasteiger partial charge in [0.15, 0.2) is 0 Å². The minimum absolute atomic E-state index is 0.00773. The van der Waals surface area contributed by atoms with Gasteiger partial charge >= 0.3 is 6.55 Å². The van der Waals surface area contributed by atoms with E-state index in [1.807, 2.05) is 72.0 Å². The summed E-state index contributed by atoms with van der Waals surface area (Å²) in [5.74, 6) is 0.255. The van der Waals surface area contributed by atoms with Crippen molar-refractivity contribution in [2.45, 2.75) is 71.1 Å². The molecule has 374 valence electrons. The van der Waals surface area contributed by atoms with Gasteiger partial charge in [-0.15, -0.1) is 0 Å². The number of fused-ring (bicyclic) bond motifs is 2. The molecule has 3 amide bonds. The highest BCUT2D eigenvalue weighted by Crippen LogP contribution is 2.48. The Morgan fingerprint density at radius 3 is 2.31 bits per heavy atom. The first-order chi connectivity index (χ1) is 35.0. The number of aromatic nitrogens is 3. The van der Waals surface area contributed by atoms with Crippen LogP contribution in [0.15, 0.2) is 109 Å². The lowest BCUT2D eigenvalue weighted by molar-refractivity contribution is -0.131. The average Bonchev–Trinajstić information content (AvgIpc) is 3.98. The fraction of sp³-hybridized carbons (Fsp3) is 0.404. The van der Waals surface area contributed by atoms with Gasteiger partial charge in [0.25, 0.3) is 11.8 Å². The largest absolute Gasteiger partial charge is 0.492 e. The number of rotatable bonds is 14. The lowest BCUT2D eigenvalue weighted by atomic mass is 9.63. The van der Waals surface area contributed by atoms with Crippen LogP contribution in [0.5, 0.6) is 5.75 Å². The molecule has 72 heavy (non-hydrogen) atoms. The van der Waals surface area contributed by atoms with Crippen LogP contribution in [-0.2, 0) is 48.9 Å². The van der Waals surface area contributed by atoms with Crippen molar-refractivity contribution in [3.8, 4) is 17.0 Å². The molecule has 6 heterocycles. The molecule has 4 aromatic carbocycles. The number of hydrogen-bond acceptors (Lipinski definition) is 8. The third-order valence-corrected chi connectivity index (χ3v) is 15.9. The van der Waals surface area contributed by atoms with Crippen LogP contribution in [0.4, 0.5) is 20.2 Å². The number of morpholine rings is 1. The van der Waals surface area contributed by atoms with Crippen molar-refractivity contribution in [1.82, 2.24) is 33.9 Å². The summed E-state index contributed by atoms with van der Waals surface area (Å²) < 4.78 is 41.6. The summed E-state index contributed by atoms with van der Waals surface area (Å²) in [6, 6.07) is 30.9. The summed E-state index contributed by atoms with van der Waals surface area (Å²) in [6.45, 7) is 7.96. The van der Waals surface area contributed by atoms with Gasteiger partial charge in [0, 0.05) is 100 Å². The number of para-hydroxylation sites is 1. The number of halogens is 2. The van der Waals surface area contributed by atoms with E-state index in [0.717, 1.165) is 86.9 Å². The van der Waals surface area contributed by atoms with Crippen LogP contribution >= 0.6 is 0 Å². The van der Waals surface area contributed by atoms with Gasteiger partial charge in [0.05, 0.1) is 43.3 Å². The highest BCUT2D eigenvalue weighted by Gasteiger charge is 2.48. The average molecular weight is 977 g/mol. The van der Waals surface area contributed by atoms with Crippen LogP contribution in [-0.4, -0.2) is 123 Å². The minimum Gasteiger partial charge on any atom is -0.492 e. The lowest BCUT2D eigenvalue weighted by Gasteiger charge is -2.57. The lowest BCUT2D eigenvalue weighted by Crippen LogP contribution is -2.63. The number of carbonyl (C=O) groups is 3. The van der Waals surface area contributed by atoms with Crippen molar-refractivity contribution >= 4 is 29.1 Å². The number of amides is 3. The number of nitrogens with zero attached hydrogens (tertiary/aromatic N) is 8. The third kappa shape index (κ3) is 9.57. The van der Waals surface area contributed by atoms with E-state index < -0.39 is 12.5 Å². The van der Waals surface area contributed by atoms with E-state index in [-0.39, 0.29) is 30.0 Å². The van der Waals surface area contributed by atoms with Gasteiger partial charge in [-0.3, -0.25) is 24.2 Å². The van der Waals surface area contributed by atoms with Crippen LogP contribution in [0, 0.1) is 12.3 Å². The summed E-state index contributed by atoms with van der Waals surface area (Å²) in [6.07, 6.45) is 7.85. The van der Waals surface area contributed by atoms with E-state index >= 15 is 4.79 Å². The van der Waals surface area contributed by atoms with Gasteiger partial charge in [0.2, 0.25) is 5.91 Å². The van der Waals surface area contributed by atoms with E-state index in [1.165, 1.54) is 42.1 Å². The Bertz CT molecular complexity index is 2950. The number of likely N-dealkylation sites (tertiary alicyclic amines) is 1. The highest BCUT2D eigenvalue weighted by atomic mass is 19.3. The summed E-state index contributed by atoms with van der Waals surface area (Å²) in [7, 11) is 1.89. The second-order valence-corrected chi connectivity index (χ2v) is 20.5. The normalized spacial score (nSPS) is 18.6. The molecule has 4 aliphatic heterocycles. The quantitative estimate of drug-likeness (QED) is 0.107. The van der Waals surface area contributed by atoms with Gasteiger partial charge in [-0.1, -0.05) is 61.0 Å². The molecule has 15 heteroatoms. The van der Waals surface area contributed by atoms with E-state index in [4.69, 9.17) is 9.47 Å². The predicted octanol–water partition coefficient (Wildman–Crippen LogP) is 8.46. The Balaban J connectivity index is 0.908. The van der Waals surface area contributed by atoms with Gasteiger partial charge < -0.3 is 28.7 Å². The topological polar surface area (TPSA) is 109 Å². The molecule has 3 fully saturated rings. The van der Waals surface area contributed by atoms with Gasteiger partial charge in [-0.2, -0.15) is 13.9 Å². The fourth-order valence-electron chi connectivity index (χ4n) is 11.6. The van der Waals surface area contributed by atoms with Crippen LogP contribution in [0.25, 0.3) is 11.3 Å². The van der Waals surface area contributed by atoms with Crippen LogP contribution in [0.2, 0.25) is 0 Å². The van der Waals surface area contributed by atoms with E-state index in [1.54, 1.807) is 24.3 Å². The highest BCUT2D eigenvalue weighted by molar-refractivity contribution is 6.12. The summed E-state index contributed by atoms with van der Waals surface area (Å²) in [5, 5.41) is 3.86. The summed E-state index contributed by atoms with van der Waals surface area (Å²) in [4.78, 5) is 54.9. The van der Waals surface area contributed by atoms with Crippen molar-refractivity contribution in [2.75, 3.05) is 70.5 Å². The number of carbonyl (C=O) groups excluding carboxylic acids is 3. The molecule has 1 unspecified atom stereocenters. The molecule has 5 aliphatic rings. The predicted molar refractivity (Wildman–Crippen MR) is 271 cm³/mol. The molecule has 0 radical (unpaired) electrons. The smallest absolute Gasteiger partial charge is 0.333 e. The van der Waals surface area contributed by atoms with Crippen LogP contribution in [0.1, 0.15) is 80.0 Å². The van der Waals surface area contributed by atoms with Crippen LogP contribution < -0.4 is 9.64 Å². The minimum atomic E-state index is -2.88. The molecular formula is C57H62F2N8O5. The van der Waals surface area contributed by atoms with Crippen molar-refractivity contribution in [2.24, 2.45) is 12.5 Å². The van der Waals surface area contributed by atoms with Crippen molar-refractivity contribution in [3.63, 3.8) is 0 Å². The van der Waals surface area contributed by atoms with Crippen molar-refractivity contribution < 1.29 is 32.6 Å². The summed E-state index contributed by atoms with van der Waals surface area (Å²) in [5.41, 5.74) is 9.26. The Morgan fingerprint density at radius 1 is 0.833 bits per heavy atom. The number of hydrogen-bond donors (Lipinski definition) is 0. The maximum absolute atomic E-state index is 15.7. The molecule has 2 saturated heterocycles. The monoisotopic (exact) mass is 976 g/mol. The third-order valence-electron chi connectivity index (χ3n) is 15.9. The zero-order valence-corrected chi connectivity index (χ0v) is 41.1. The van der Waals surface area contributed by atoms with Crippen molar-refractivity contribution in [3.05, 3.63) is 154 Å². The number of ether oxygens (including phenoxy) is 2. The number of alkyl halides is 2. The molecule has 2 aromatic heterocycles.